The Morgan fingerprint density at radius 1 is 1.04 bits per heavy atom. The van der Waals surface area contributed by atoms with Crippen molar-refractivity contribution in [3.63, 3.8) is 0 Å². The summed E-state index contributed by atoms with van der Waals surface area (Å²) < 4.78 is 5.65. The van der Waals surface area contributed by atoms with Gasteiger partial charge in [-0.3, -0.25) is 4.79 Å². The van der Waals surface area contributed by atoms with E-state index < -0.39 is 0 Å². The van der Waals surface area contributed by atoms with Gasteiger partial charge in [-0.1, -0.05) is 41.4 Å². The third-order valence-electron chi connectivity index (χ3n) is 3.57. The molecule has 3 aromatic rings. The van der Waals surface area contributed by atoms with Crippen LogP contribution in [-0.4, -0.2) is 5.91 Å². The van der Waals surface area contributed by atoms with Crippen LogP contribution in [0, 0.1) is 13.8 Å². The summed E-state index contributed by atoms with van der Waals surface area (Å²) in [6, 6.07) is 16.6. The average molecular weight is 326 g/mol. The Kier molecular flexibility index (Phi) is 4.22. The fourth-order valence-electron chi connectivity index (χ4n) is 2.39. The third-order valence-corrected chi connectivity index (χ3v) is 3.80. The van der Waals surface area contributed by atoms with Crippen molar-refractivity contribution in [2.75, 3.05) is 5.32 Å². The van der Waals surface area contributed by atoms with Crippen LogP contribution in [0.5, 0.6) is 0 Å². The predicted octanol–water partition coefficient (Wildman–Crippen LogP) is 5.47. The molecule has 3 nitrogen and oxygen atoms in total. The molecule has 0 bridgehead atoms. The largest absolute Gasteiger partial charge is 0.451 e. The Balaban J connectivity index is 1.81. The molecule has 116 valence electrons. The molecule has 0 fully saturated rings. The summed E-state index contributed by atoms with van der Waals surface area (Å²) >= 11 is 5.98. The maximum absolute atomic E-state index is 12.3. The van der Waals surface area contributed by atoms with E-state index in [-0.39, 0.29) is 11.7 Å². The number of aryl methyl sites for hydroxylation is 2. The molecule has 0 aliphatic heterocycles. The van der Waals surface area contributed by atoms with Crippen LogP contribution >= 0.6 is 11.6 Å². The van der Waals surface area contributed by atoms with Gasteiger partial charge in [0.2, 0.25) is 0 Å². The van der Waals surface area contributed by atoms with Crippen LogP contribution in [0.1, 0.15) is 21.7 Å². The molecule has 23 heavy (non-hydrogen) atoms. The van der Waals surface area contributed by atoms with Crippen molar-refractivity contribution in [1.29, 1.82) is 0 Å². The molecule has 0 saturated carbocycles. The maximum atomic E-state index is 12.3. The first-order valence-corrected chi connectivity index (χ1v) is 7.65. The fourth-order valence-corrected chi connectivity index (χ4v) is 2.58. The van der Waals surface area contributed by atoms with E-state index in [4.69, 9.17) is 16.0 Å². The number of nitrogens with one attached hydrogen (secondary N) is 1. The van der Waals surface area contributed by atoms with Crippen LogP contribution < -0.4 is 5.32 Å². The van der Waals surface area contributed by atoms with Crippen molar-refractivity contribution in [3.05, 3.63) is 76.5 Å². The summed E-state index contributed by atoms with van der Waals surface area (Å²) in [5.41, 5.74) is 3.78. The highest BCUT2D eigenvalue weighted by atomic mass is 35.5. The van der Waals surface area contributed by atoms with E-state index >= 15 is 0 Å². The topological polar surface area (TPSA) is 42.2 Å². The standard InChI is InChI=1S/C19H16ClNO2/c1-12-6-7-16(13(2)10-12)21-19(22)18-9-8-17(23-18)14-4-3-5-15(20)11-14/h3-11H,1-2H3,(H,21,22). The fraction of sp³-hybridized carbons (Fsp3) is 0.105. The maximum Gasteiger partial charge on any atom is 0.291 e. The second-order valence-corrected chi connectivity index (χ2v) is 5.88. The van der Waals surface area contributed by atoms with Crippen molar-refractivity contribution in [3.8, 4) is 11.3 Å². The molecule has 0 aliphatic carbocycles. The van der Waals surface area contributed by atoms with Gasteiger partial charge in [0.15, 0.2) is 5.76 Å². The van der Waals surface area contributed by atoms with Gasteiger partial charge in [-0.2, -0.15) is 0 Å². The van der Waals surface area contributed by atoms with Crippen LogP contribution in [-0.2, 0) is 0 Å². The van der Waals surface area contributed by atoms with Gasteiger partial charge in [0.1, 0.15) is 5.76 Å². The van der Waals surface area contributed by atoms with Crippen LogP contribution in [0.25, 0.3) is 11.3 Å². The molecule has 0 atom stereocenters. The molecule has 1 aromatic heterocycles. The van der Waals surface area contributed by atoms with Crippen LogP contribution in [0.2, 0.25) is 5.02 Å². The second kappa shape index (κ2) is 6.31. The minimum absolute atomic E-state index is 0.264. The zero-order chi connectivity index (χ0) is 16.4. The first-order valence-electron chi connectivity index (χ1n) is 7.27. The molecule has 0 unspecified atom stereocenters. The smallest absolute Gasteiger partial charge is 0.291 e. The molecule has 1 N–H and O–H groups in total. The molecule has 0 saturated heterocycles. The van der Waals surface area contributed by atoms with Crippen molar-refractivity contribution >= 4 is 23.2 Å². The number of carbonyl (C=O) groups is 1. The highest BCUT2D eigenvalue weighted by molar-refractivity contribution is 6.30. The highest BCUT2D eigenvalue weighted by Crippen LogP contribution is 2.25. The van der Waals surface area contributed by atoms with E-state index in [1.165, 1.54) is 0 Å². The number of furan rings is 1. The molecular weight excluding hydrogens is 310 g/mol. The Labute approximate surface area is 139 Å². The number of rotatable bonds is 3. The number of anilines is 1. The molecule has 0 radical (unpaired) electrons. The van der Waals surface area contributed by atoms with Crippen LogP contribution in [0.15, 0.2) is 59.0 Å². The third kappa shape index (κ3) is 3.46. The van der Waals surface area contributed by atoms with Gasteiger partial charge in [-0.25, -0.2) is 0 Å². The lowest BCUT2D eigenvalue weighted by Crippen LogP contribution is -2.11. The van der Waals surface area contributed by atoms with E-state index in [9.17, 15) is 4.79 Å². The summed E-state index contributed by atoms with van der Waals surface area (Å²) in [4.78, 5) is 12.3. The van der Waals surface area contributed by atoms with Crippen molar-refractivity contribution in [2.45, 2.75) is 13.8 Å². The number of halogens is 1. The summed E-state index contributed by atoms with van der Waals surface area (Å²) in [6.07, 6.45) is 0. The lowest BCUT2D eigenvalue weighted by atomic mass is 10.1. The lowest BCUT2D eigenvalue weighted by molar-refractivity contribution is 0.0997. The lowest BCUT2D eigenvalue weighted by Gasteiger charge is -2.07. The summed E-state index contributed by atoms with van der Waals surface area (Å²) in [5, 5.41) is 3.50. The quantitative estimate of drug-likeness (QED) is 0.693. The number of carbonyl (C=O) groups excluding carboxylic acids is 1. The van der Waals surface area contributed by atoms with Gasteiger partial charge in [0.25, 0.3) is 5.91 Å². The Hall–Kier alpha value is -2.52. The molecule has 3 rings (SSSR count). The molecule has 0 spiro atoms. The number of hydrogen-bond acceptors (Lipinski definition) is 2. The zero-order valence-electron chi connectivity index (χ0n) is 12.9. The van der Waals surface area contributed by atoms with Gasteiger partial charge in [-0.15, -0.1) is 0 Å². The number of amides is 1. The molecule has 4 heteroatoms. The van der Waals surface area contributed by atoms with Gasteiger partial charge in [0, 0.05) is 16.3 Å². The summed E-state index contributed by atoms with van der Waals surface area (Å²) in [6.45, 7) is 3.98. The van der Waals surface area contributed by atoms with Crippen molar-refractivity contribution in [2.24, 2.45) is 0 Å². The van der Waals surface area contributed by atoms with Crippen LogP contribution in [0.3, 0.4) is 0 Å². The molecule has 2 aromatic carbocycles. The van der Waals surface area contributed by atoms with E-state index in [1.807, 2.05) is 44.2 Å². The first kappa shape index (κ1) is 15.4. The number of benzene rings is 2. The monoisotopic (exact) mass is 325 g/mol. The molecule has 0 aliphatic rings. The number of hydrogen-bond donors (Lipinski definition) is 1. The van der Waals surface area contributed by atoms with Gasteiger partial charge in [-0.05, 0) is 49.7 Å². The molecular formula is C19H16ClNO2. The minimum atomic E-state index is -0.273. The summed E-state index contributed by atoms with van der Waals surface area (Å²) in [5.74, 6) is 0.600. The highest BCUT2D eigenvalue weighted by Gasteiger charge is 2.13. The van der Waals surface area contributed by atoms with Crippen LogP contribution in [0.4, 0.5) is 5.69 Å². The van der Waals surface area contributed by atoms with E-state index in [1.54, 1.807) is 24.3 Å². The van der Waals surface area contributed by atoms with E-state index in [0.29, 0.717) is 10.8 Å². The van der Waals surface area contributed by atoms with Crippen molar-refractivity contribution < 1.29 is 9.21 Å². The minimum Gasteiger partial charge on any atom is -0.451 e. The Morgan fingerprint density at radius 3 is 2.61 bits per heavy atom. The molecule has 1 amide bonds. The Bertz CT molecular complexity index is 867. The normalized spacial score (nSPS) is 10.6. The predicted molar refractivity (Wildman–Crippen MR) is 93.0 cm³/mol. The summed E-state index contributed by atoms with van der Waals surface area (Å²) in [7, 11) is 0. The SMILES string of the molecule is Cc1ccc(NC(=O)c2ccc(-c3cccc(Cl)c3)o2)c(C)c1. The van der Waals surface area contributed by atoms with Gasteiger partial charge in [0.05, 0.1) is 0 Å². The Morgan fingerprint density at radius 2 is 1.87 bits per heavy atom. The van der Waals surface area contributed by atoms with E-state index in [2.05, 4.69) is 5.32 Å². The van der Waals surface area contributed by atoms with Gasteiger partial charge < -0.3 is 9.73 Å². The van der Waals surface area contributed by atoms with E-state index in [0.717, 1.165) is 22.4 Å². The zero-order valence-corrected chi connectivity index (χ0v) is 13.6. The van der Waals surface area contributed by atoms with Gasteiger partial charge >= 0.3 is 0 Å². The second-order valence-electron chi connectivity index (χ2n) is 5.45. The first-order chi connectivity index (χ1) is 11.0. The molecule has 1 heterocycles. The van der Waals surface area contributed by atoms with Crippen molar-refractivity contribution in [1.82, 2.24) is 0 Å². The average Bonchev–Trinajstić information content (AvgIpc) is 3.00.